The normalized spacial score (nSPS) is 12.4. The number of ether oxygens (including phenoxy) is 1. The first-order chi connectivity index (χ1) is 11.7. The summed E-state index contributed by atoms with van der Waals surface area (Å²) in [6.45, 7) is 5.36. The molecule has 24 heavy (non-hydrogen) atoms. The van der Waals surface area contributed by atoms with E-state index in [0.29, 0.717) is 12.5 Å². The molecule has 0 aromatic heterocycles. The summed E-state index contributed by atoms with van der Waals surface area (Å²) in [5, 5.41) is 8.58. The summed E-state index contributed by atoms with van der Waals surface area (Å²) < 4.78 is 6.01. The Bertz CT molecular complexity index is 266. The van der Waals surface area contributed by atoms with Crippen LogP contribution in [0.2, 0.25) is 0 Å². The third-order valence-electron chi connectivity index (χ3n) is 4.60. The van der Waals surface area contributed by atoms with E-state index in [4.69, 9.17) is 9.84 Å². The summed E-state index contributed by atoms with van der Waals surface area (Å²) in [6.07, 6.45) is 19.3. The summed E-state index contributed by atoms with van der Waals surface area (Å²) in [5.41, 5.74) is 0. The van der Waals surface area contributed by atoms with Crippen LogP contribution >= 0.6 is 0 Å². The van der Waals surface area contributed by atoms with Crippen LogP contribution in [-0.2, 0) is 9.53 Å². The van der Waals surface area contributed by atoms with Crippen LogP contribution < -0.4 is 0 Å². The van der Waals surface area contributed by atoms with E-state index >= 15 is 0 Å². The molecule has 0 radical (unpaired) electrons. The lowest BCUT2D eigenvalue weighted by molar-refractivity contribution is -0.137. The van der Waals surface area contributed by atoms with Gasteiger partial charge < -0.3 is 9.84 Å². The Morgan fingerprint density at radius 1 is 0.750 bits per heavy atom. The number of hydrogen-bond donors (Lipinski definition) is 1. The fourth-order valence-corrected chi connectivity index (χ4v) is 3.10. The van der Waals surface area contributed by atoms with Gasteiger partial charge in [-0.15, -0.1) is 0 Å². The van der Waals surface area contributed by atoms with Gasteiger partial charge in [-0.1, -0.05) is 84.5 Å². The highest BCUT2D eigenvalue weighted by atomic mass is 16.5. The summed E-state index contributed by atoms with van der Waals surface area (Å²) in [4.78, 5) is 10.4. The van der Waals surface area contributed by atoms with Crippen molar-refractivity contribution in [2.45, 2.75) is 123 Å². The van der Waals surface area contributed by atoms with E-state index in [1.165, 1.54) is 77.0 Å². The number of carbonyl (C=O) groups is 1. The Labute approximate surface area is 150 Å². The van der Waals surface area contributed by atoms with Crippen molar-refractivity contribution in [3.63, 3.8) is 0 Å². The summed E-state index contributed by atoms with van der Waals surface area (Å²) >= 11 is 0. The van der Waals surface area contributed by atoms with Crippen LogP contribution in [0.3, 0.4) is 0 Å². The second-order valence-corrected chi connectivity index (χ2v) is 7.10. The predicted octanol–water partition coefficient (Wildman–Crippen LogP) is 6.74. The largest absolute Gasteiger partial charge is 0.481 e. The van der Waals surface area contributed by atoms with Crippen LogP contribution in [0.15, 0.2) is 0 Å². The van der Waals surface area contributed by atoms with Gasteiger partial charge in [-0.3, -0.25) is 4.79 Å². The smallest absolute Gasteiger partial charge is 0.303 e. The Morgan fingerprint density at radius 2 is 1.25 bits per heavy atom. The molecule has 0 rings (SSSR count). The minimum Gasteiger partial charge on any atom is -0.481 e. The molecule has 0 heterocycles. The Kier molecular flexibility index (Phi) is 18.3. The number of aliphatic carboxylic acids is 1. The van der Waals surface area contributed by atoms with E-state index in [1.807, 2.05) is 0 Å². The van der Waals surface area contributed by atoms with Crippen LogP contribution in [0.5, 0.6) is 0 Å². The number of rotatable bonds is 19. The van der Waals surface area contributed by atoms with Crippen molar-refractivity contribution >= 4 is 5.97 Å². The lowest BCUT2D eigenvalue weighted by Crippen LogP contribution is -2.13. The topological polar surface area (TPSA) is 46.5 Å². The molecule has 0 spiro atoms. The summed E-state index contributed by atoms with van der Waals surface area (Å²) in [7, 11) is 0. The molecule has 0 bridgehead atoms. The van der Waals surface area contributed by atoms with Gasteiger partial charge in [0.25, 0.3) is 0 Å². The first-order valence-electron chi connectivity index (χ1n) is 10.5. The van der Waals surface area contributed by atoms with Crippen molar-refractivity contribution in [2.24, 2.45) is 0 Å². The second-order valence-electron chi connectivity index (χ2n) is 7.10. The summed E-state index contributed by atoms with van der Waals surface area (Å²) in [5.74, 6) is -0.662. The molecule has 1 unspecified atom stereocenters. The summed E-state index contributed by atoms with van der Waals surface area (Å²) in [6, 6.07) is 0. The van der Waals surface area contributed by atoms with Gasteiger partial charge in [0.15, 0.2) is 0 Å². The van der Waals surface area contributed by atoms with Gasteiger partial charge in [0.2, 0.25) is 0 Å². The molecular weight excluding hydrogens is 300 g/mol. The van der Waals surface area contributed by atoms with E-state index in [1.54, 1.807) is 0 Å². The highest BCUT2D eigenvalue weighted by Crippen LogP contribution is 2.16. The van der Waals surface area contributed by atoms with Crippen LogP contribution in [0, 0.1) is 0 Å². The Hall–Kier alpha value is -0.570. The lowest BCUT2D eigenvalue weighted by Gasteiger charge is -2.17. The predicted molar refractivity (Wildman–Crippen MR) is 103 cm³/mol. The average Bonchev–Trinajstić information content (AvgIpc) is 2.57. The molecule has 0 aliphatic heterocycles. The van der Waals surface area contributed by atoms with Crippen molar-refractivity contribution in [2.75, 3.05) is 6.61 Å². The molecule has 3 heteroatoms. The quantitative estimate of drug-likeness (QED) is 0.264. The van der Waals surface area contributed by atoms with Crippen LogP contribution in [0.25, 0.3) is 0 Å². The molecule has 1 N–H and O–H groups in total. The average molecular weight is 343 g/mol. The maximum Gasteiger partial charge on any atom is 0.303 e. The SMILES string of the molecule is CCCCCCC(CCCCCCCCCCC(=O)O)OCCC. The van der Waals surface area contributed by atoms with Crippen LogP contribution in [0.1, 0.15) is 117 Å². The first kappa shape index (κ1) is 23.4. The molecule has 0 fully saturated rings. The molecule has 1 atom stereocenters. The molecule has 0 aliphatic carbocycles. The fraction of sp³-hybridized carbons (Fsp3) is 0.952. The highest BCUT2D eigenvalue weighted by molar-refractivity contribution is 5.66. The van der Waals surface area contributed by atoms with Crippen molar-refractivity contribution in [3.05, 3.63) is 0 Å². The van der Waals surface area contributed by atoms with Gasteiger partial charge in [-0.2, -0.15) is 0 Å². The van der Waals surface area contributed by atoms with Gasteiger partial charge in [0, 0.05) is 13.0 Å². The van der Waals surface area contributed by atoms with Gasteiger partial charge in [0.05, 0.1) is 6.10 Å². The zero-order valence-corrected chi connectivity index (χ0v) is 16.4. The highest BCUT2D eigenvalue weighted by Gasteiger charge is 2.08. The number of unbranched alkanes of at least 4 members (excludes halogenated alkanes) is 10. The van der Waals surface area contributed by atoms with Crippen molar-refractivity contribution in [1.29, 1.82) is 0 Å². The third-order valence-corrected chi connectivity index (χ3v) is 4.60. The number of carboxylic acid groups (broad SMARTS) is 1. The fourth-order valence-electron chi connectivity index (χ4n) is 3.10. The third kappa shape index (κ3) is 17.8. The van der Waals surface area contributed by atoms with E-state index in [2.05, 4.69) is 13.8 Å². The molecular formula is C21H42O3. The van der Waals surface area contributed by atoms with Crippen LogP contribution in [0.4, 0.5) is 0 Å². The monoisotopic (exact) mass is 342 g/mol. The standard InChI is InChI=1S/C21H42O3/c1-3-5-6-13-16-20(24-19-4-2)17-14-11-9-7-8-10-12-15-18-21(22)23/h20H,3-19H2,1-2H3,(H,22,23). The number of carboxylic acids is 1. The van der Waals surface area contributed by atoms with E-state index in [9.17, 15) is 4.79 Å². The number of hydrogen-bond acceptors (Lipinski definition) is 2. The molecule has 0 amide bonds. The molecule has 3 nitrogen and oxygen atoms in total. The second kappa shape index (κ2) is 18.8. The van der Waals surface area contributed by atoms with Gasteiger partial charge in [0.1, 0.15) is 0 Å². The minimum atomic E-state index is -0.662. The Morgan fingerprint density at radius 3 is 1.75 bits per heavy atom. The minimum absolute atomic E-state index is 0.331. The van der Waals surface area contributed by atoms with Crippen molar-refractivity contribution < 1.29 is 14.6 Å². The molecule has 0 aromatic carbocycles. The van der Waals surface area contributed by atoms with E-state index in [0.717, 1.165) is 25.9 Å². The molecule has 0 saturated heterocycles. The van der Waals surface area contributed by atoms with Gasteiger partial charge in [-0.05, 0) is 25.7 Å². The lowest BCUT2D eigenvalue weighted by atomic mass is 10.0. The van der Waals surface area contributed by atoms with E-state index in [-0.39, 0.29) is 0 Å². The maximum atomic E-state index is 10.4. The van der Waals surface area contributed by atoms with Crippen LogP contribution in [-0.4, -0.2) is 23.8 Å². The zero-order chi connectivity index (χ0) is 17.9. The van der Waals surface area contributed by atoms with E-state index < -0.39 is 5.97 Å². The maximum absolute atomic E-state index is 10.4. The molecule has 144 valence electrons. The van der Waals surface area contributed by atoms with Gasteiger partial charge >= 0.3 is 5.97 Å². The Balaban J connectivity index is 3.48. The van der Waals surface area contributed by atoms with Gasteiger partial charge in [-0.25, -0.2) is 0 Å². The molecule has 0 aromatic rings. The first-order valence-corrected chi connectivity index (χ1v) is 10.5. The van der Waals surface area contributed by atoms with Crippen molar-refractivity contribution in [3.8, 4) is 0 Å². The zero-order valence-electron chi connectivity index (χ0n) is 16.4. The molecule has 0 saturated carbocycles. The van der Waals surface area contributed by atoms with Crippen molar-refractivity contribution in [1.82, 2.24) is 0 Å². The molecule has 0 aliphatic rings.